The first-order valence-corrected chi connectivity index (χ1v) is 3.57. The Bertz CT molecular complexity index is 202. The second-order valence-corrected chi connectivity index (χ2v) is 2.69. The van der Waals surface area contributed by atoms with Crippen molar-refractivity contribution in [1.82, 2.24) is 9.80 Å². The zero-order valence-corrected chi connectivity index (χ0v) is 7.10. The third-order valence-electron chi connectivity index (χ3n) is 1.88. The monoisotopic (exact) mass is 172 g/mol. The molecule has 1 aliphatic rings. The van der Waals surface area contributed by atoms with Crippen LogP contribution >= 0.6 is 0 Å². The third kappa shape index (κ3) is 1.27. The predicted molar refractivity (Wildman–Crippen MR) is 43.7 cm³/mol. The molecule has 1 saturated heterocycles. The van der Waals surface area contributed by atoms with Gasteiger partial charge < -0.3 is 20.2 Å². The highest BCUT2D eigenvalue weighted by atomic mass is 16.4. The maximum atomic E-state index is 8.61. The van der Waals surface area contributed by atoms with Gasteiger partial charge >= 0.3 is 0 Å². The van der Waals surface area contributed by atoms with E-state index in [2.05, 4.69) is 10.3 Å². The molecule has 0 saturated carbocycles. The van der Waals surface area contributed by atoms with Crippen LogP contribution in [-0.4, -0.2) is 59.1 Å². The van der Waals surface area contributed by atoms with Crippen LogP contribution in [0.2, 0.25) is 0 Å². The molecule has 1 heterocycles. The minimum Gasteiger partial charge on any atom is -0.409 e. The SMILES string of the molecule is CN1CCN(C)C(=NO)C1=NO. The molecule has 0 bridgehead atoms. The van der Waals surface area contributed by atoms with Gasteiger partial charge in [0.05, 0.1) is 0 Å². The molecule has 2 N–H and O–H groups in total. The van der Waals surface area contributed by atoms with Gasteiger partial charge in [0.2, 0.25) is 11.7 Å². The van der Waals surface area contributed by atoms with Crippen LogP contribution in [-0.2, 0) is 0 Å². The summed E-state index contributed by atoms with van der Waals surface area (Å²) < 4.78 is 0. The van der Waals surface area contributed by atoms with Crippen molar-refractivity contribution in [1.29, 1.82) is 0 Å². The molecule has 0 radical (unpaired) electrons. The molecule has 0 aromatic carbocycles. The molecule has 1 aliphatic heterocycles. The van der Waals surface area contributed by atoms with Crippen LogP contribution in [0.15, 0.2) is 10.3 Å². The molecule has 12 heavy (non-hydrogen) atoms. The van der Waals surface area contributed by atoms with Crippen molar-refractivity contribution in [3.63, 3.8) is 0 Å². The molecular weight excluding hydrogens is 160 g/mol. The zero-order chi connectivity index (χ0) is 9.14. The van der Waals surface area contributed by atoms with Crippen LogP contribution in [0.25, 0.3) is 0 Å². The molecule has 1 rings (SSSR count). The average Bonchev–Trinajstić information content (AvgIpc) is 2.08. The lowest BCUT2D eigenvalue weighted by Gasteiger charge is -2.32. The molecule has 0 spiro atoms. The van der Waals surface area contributed by atoms with E-state index in [4.69, 9.17) is 10.4 Å². The van der Waals surface area contributed by atoms with Crippen molar-refractivity contribution < 1.29 is 10.4 Å². The fraction of sp³-hybridized carbons (Fsp3) is 0.667. The molecule has 6 heteroatoms. The fourth-order valence-corrected chi connectivity index (χ4v) is 1.10. The standard InChI is InChI=1S/C6H12N4O2/c1-9-3-4-10(2)6(8-12)5(9)7-11/h11-12H,3-4H2,1-2H3. The first-order chi connectivity index (χ1) is 5.70. The van der Waals surface area contributed by atoms with E-state index >= 15 is 0 Å². The van der Waals surface area contributed by atoms with Gasteiger partial charge in [0.25, 0.3) is 0 Å². The summed E-state index contributed by atoms with van der Waals surface area (Å²) >= 11 is 0. The highest BCUT2D eigenvalue weighted by Gasteiger charge is 2.24. The highest BCUT2D eigenvalue weighted by molar-refractivity contribution is 6.40. The molecule has 68 valence electrons. The Morgan fingerprint density at radius 3 is 1.58 bits per heavy atom. The van der Waals surface area contributed by atoms with E-state index in [0.29, 0.717) is 0 Å². The van der Waals surface area contributed by atoms with E-state index in [1.807, 2.05) is 0 Å². The van der Waals surface area contributed by atoms with E-state index in [9.17, 15) is 0 Å². The van der Waals surface area contributed by atoms with Gasteiger partial charge in [-0.25, -0.2) is 0 Å². The molecule has 6 nitrogen and oxygen atoms in total. The lowest BCUT2D eigenvalue weighted by molar-refractivity contribution is 0.281. The number of rotatable bonds is 0. The highest BCUT2D eigenvalue weighted by Crippen LogP contribution is 2.02. The van der Waals surface area contributed by atoms with E-state index in [0.717, 1.165) is 13.1 Å². The predicted octanol–water partition coefficient (Wildman–Crippen LogP) is -0.561. The topological polar surface area (TPSA) is 71.7 Å². The van der Waals surface area contributed by atoms with Crippen molar-refractivity contribution in [2.24, 2.45) is 10.3 Å². The molecule has 1 fully saturated rings. The summed E-state index contributed by atoms with van der Waals surface area (Å²) in [7, 11) is 3.54. The smallest absolute Gasteiger partial charge is 0.214 e. The zero-order valence-electron chi connectivity index (χ0n) is 7.10. The average molecular weight is 172 g/mol. The van der Waals surface area contributed by atoms with Gasteiger partial charge in [-0.1, -0.05) is 10.3 Å². The maximum absolute atomic E-state index is 8.61. The quantitative estimate of drug-likeness (QED) is 0.379. The van der Waals surface area contributed by atoms with Gasteiger partial charge in [-0.15, -0.1) is 0 Å². The van der Waals surface area contributed by atoms with Crippen LogP contribution in [0.3, 0.4) is 0 Å². The Kier molecular flexibility index (Phi) is 2.37. The molecular formula is C6H12N4O2. The number of hydrogen-bond acceptors (Lipinski definition) is 4. The van der Waals surface area contributed by atoms with Crippen LogP contribution < -0.4 is 0 Å². The molecule has 0 aliphatic carbocycles. The number of likely N-dealkylation sites (N-methyl/N-ethyl adjacent to an activating group) is 2. The first-order valence-electron chi connectivity index (χ1n) is 3.57. The largest absolute Gasteiger partial charge is 0.409 e. The van der Waals surface area contributed by atoms with E-state index in [1.54, 1.807) is 23.9 Å². The summed E-state index contributed by atoms with van der Waals surface area (Å²) in [6, 6.07) is 0. The van der Waals surface area contributed by atoms with Crippen LogP contribution in [0.1, 0.15) is 0 Å². The Labute approximate surface area is 70.4 Å². The van der Waals surface area contributed by atoms with Gasteiger partial charge in [0.1, 0.15) is 0 Å². The lowest BCUT2D eigenvalue weighted by Crippen LogP contribution is -2.51. The molecule has 0 amide bonds. The molecule has 0 atom stereocenters. The minimum absolute atomic E-state index is 0.284. The van der Waals surface area contributed by atoms with Gasteiger partial charge in [-0.3, -0.25) is 0 Å². The Morgan fingerprint density at radius 2 is 1.33 bits per heavy atom. The number of nitrogens with zero attached hydrogens (tertiary/aromatic N) is 4. The number of piperazine rings is 1. The summed E-state index contributed by atoms with van der Waals surface area (Å²) in [6.45, 7) is 1.49. The Balaban J connectivity index is 2.91. The number of oxime groups is 2. The fourth-order valence-electron chi connectivity index (χ4n) is 1.10. The summed E-state index contributed by atoms with van der Waals surface area (Å²) in [5.74, 6) is 0.567. The van der Waals surface area contributed by atoms with Crippen molar-refractivity contribution in [2.75, 3.05) is 27.2 Å². The minimum atomic E-state index is 0.284. The molecule has 0 aromatic heterocycles. The Hall–Kier alpha value is -1.46. The maximum Gasteiger partial charge on any atom is 0.214 e. The lowest BCUT2D eigenvalue weighted by atomic mass is 10.3. The first kappa shape index (κ1) is 8.63. The van der Waals surface area contributed by atoms with Gasteiger partial charge in [0, 0.05) is 27.2 Å². The van der Waals surface area contributed by atoms with E-state index in [-0.39, 0.29) is 11.7 Å². The van der Waals surface area contributed by atoms with Crippen molar-refractivity contribution >= 4 is 11.7 Å². The van der Waals surface area contributed by atoms with Gasteiger partial charge in [-0.05, 0) is 0 Å². The van der Waals surface area contributed by atoms with Crippen LogP contribution in [0, 0.1) is 0 Å². The number of amidine groups is 2. The second kappa shape index (κ2) is 3.29. The summed E-state index contributed by atoms with van der Waals surface area (Å²) in [5.41, 5.74) is 0. The summed E-state index contributed by atoms with van der Waals surface area (Å²) in [5, 5.41) is 23.3. The van der Waals surface area contributed by atoms with Crippen molar-refractivity contribution in [3.05, 3.63) is 0 Å². The van der Waals surface area contributed by atoms with Crippen molar-refractivity contribution in [2.45, 2.75) is 0 Å². The molecule has 0 unspecified atom stereocenters. The van der Waals surface area contributed by atoms with E-state index < -0.39 is 0 Å². The Morgan fingerprint density at radius 1 is 1.00 bits per heavy atom. The summed E-state index contributed by atoms with van der Waals surface area (Å²) in [6.07, 6.45) is 0. The normalized spacial score (nSPS) is 25.5. The summed E-state index contributed by atoms with van der Waals surface area (Å²) in [4.78, 5) is 3.43. The van der Waals surface area contributed by atoms with Gasteiger partial charge in [0.15, 0.2) is 0 Å². The van der Waals surface area contributed by atoms with Crippen molar-refractivity contribution in [3.8, 4) is 0 Å². The molecule has 0 aromatic rings. The van der Waals surface area contributed by atoms with Crippen LogP contribution in [0.5, 0.6) is 0 Å². The third-order valence-corrected chi connectivity index (χ3v) is 1.88. The van der Waals surface area contributed by atoms with Crippen LogP contribution in [0.4, 0.5) is 0 Å². The van der Waals surface area contributed by atoms with E-state index in [1.165, 1.54) is 0 Å². The number of hydrogen-bond donors (Lipinski definition) is 2. The second-order valence-electron chi connectivity index (χ2n) is 2.69. The van der Waals surface area contributed by atoms with Gasteiger partial charge in [-0.2, -0.15) is 0 Å².